The normalized spacial score (nSPS) is 11.9. The number of rotatable bonds is 4. The maximum absolute atomic E-state index is 13.1. The zero-order valence-electron chi connectivity index (χ0n) is 15.3. The molecule has 9 heteroatoms. The van der Waals surface area contributed by atoms with Gasteiger partial charge in [0.25, 0.3) is 0 Å². The number of halogens is 3. The van der Waals surface area contributed by atoms with E-state index in [1.807, 2.05) is 30.3 Å². The first-order valence-corrected chi connectivity index (χ1v) is 8.68. The molecular formula is C20H17F3N4O2. The molecule has 29 heavy (non-hydrogen) atoms. The van der Waals surface area contributed by atoms with Crippen molar-refractivity contribution in [1.29, 1.82) is 0 Å². The van der Waals surface area contributed by atoms with Gasteiger partial charge in [-0.3, -0.25) is 0 Å². The Labute approximate surface area is 164 Å². The standard InChI is InChI=1S/C20H17F3N4O2/c1-2-29-18-12-14(13-24-27(18)15-8-4-3-5-9-15)25-19(28)26-17-11-7-6-10-16(17)20(21,22)23/h3-13H,2H2,1H3,(H,26,28). The summed E-state index contributed by atoms with van der Waals surface area (Å²) in [6.45, 7) is 2.14. The van der Waals surface area contributed by atoms with Crippen molar-refractivity contribution < 1.29 is 22.7 Å². The van der Waals surface area contributed by atoms with Crippen LogP contribution in [0.3, 0.4) is 0 Å². The Morgan fingerprint density at radius 1 is 1.14 bits per heavy atom. The summed E-state index contributed by atoms with van der Waals surface area (Å²) < 4.78 is 46.3. The second-order valence-electron chi connectivity index (χ2n) is 5.82. The summed E-state index contributed by atoms with van der Waals surface area (Å²) in [4.78, 5) is 15.9. The van der Waals surface area contributed by atoms with Crippen molar-refractivity contribution in [2.24, 2.45) is 4.99 Å². The Bertz CT molecular complexity index is 1060. The fraction of sp³-hybridized carbons (Fsp3) is 0.150. The number of hydrogen-bond donors (Lipinski definition) is 1. The second-order valence-corrected chi connectivity index (χ2v) is 5.82. The Kier molecular flexibility index (Phi) is 5.96. The van der Waals surface area contributed by atoms with Crippen LogP contribution in [0, 0.1) is 0 Å². The molecule has 0 saturated carbocycles. The third-order valence-corrected chi connectivity index (χ3v) is 3.78. The highest BCUT2D eigenvalue weighted by molar-refractivity contribution is 5.90. The van der Waals surface area contributed by atoms with Crippen molar-refractivity contribution >= 4 is 11.7 Å². The fourth-order valence-electron chi connectivity index (χ4n) is 2.57. The molecule has 150 valence electrons. The Balaban J connectivity index is 1.91. The molecule has 0 fully saturated rings. The minimum Gasteiger partial charge on any atom is -0.478 e. The predicted octanol–water partition coefficient (Wildman–Crippen LogP) is 4.42. The van der Waals surface area contributed by atoms with E-state index in [0.717, 1.165) is 17.8 Å². The molecule has 1 heterocycles. The first-order valence-electron chi connectivity index (χ1n) is 8.68. The number of amides is 2. The zero-order valence-corrected chi connectivity index (χ0v) is 15.3. The molecule has 1 aromatic heterocycles. The maximum atomic E-state index is 13.1. The fourth-order valence-corrected chi connectivity index (χ4v) is 2.57. The van der Waals surface area contributed by atoms with Crippen molar-refractivity contribution in [3.05, 3.63) is 77.8 Å². The number of carbonyl (C=O) groups excluding carboxylic acids is 1. The molecule has 0 spiro atoms. The van der Waals surface area contributed by atoms with Crippen LogP contribution < -0.4 is 15.4 Å². The Hall–Kier alpha value is -3.62. The highest BCUT2D eigenvalue weighted by Crippen LogP contribution is 2.34. The summed E-state index contributed by atoms with van der Waals surface area (Å²) in [5.74, 6) is 0.337. The number of alkyl halides is 3. The summed E-state index contributed by atoms with van der Waals surface area (Å²) in [6, 6.07) is 14.4. The zero-order chi connectivity index (χ0) is 20.9. The number of anilines is 1. The van der Waals surface area contributed by atoms with Gasteiger partial charge in [-0.05, 0) is 31.2 Å². The predicted molar refractivity (Wildman–Crippen MR) is 101 cm³/mol. The van der Waals surface area contributed by atoms with Gasteiger partial charge in [0.1, 0.15) is 0 Å². The molecule has 0 atom stereocenters. The number of nitrogens with one attached hydrogen (secondary N) is 1. The first-order chi connectivity index (χ1) is 13.9. The van der Waals surface area contributed by atoms with Crippen LogP contribution in [-0.2, 0) is 6.18 Å². The van der Waals surface area contributed by atoms with E-state index in [-0.39, 0.29) is 11.0 Å². The quantitative estimate of drug-likeness (QED) is 0.702. The Morgan fingerprint density at radius 2 is 1.83 bits per heavy atom. The lowest BCUT2D eigenvalue weighted by Gasteiger charge is -2.13. The van der Waals surface area contributed by atoms with Crippen LogP contribution in [0.25, 0.3) is 5.69 Å². The van der Waals surface area contributed by atoms with Gasteiger partial charge in [0, 0.05) is 6.07 Å². The molecule has 3 aromatic rings. The molecular weight excluding hydrogens is 385 g/mol. The van der Waals surface area contributed by atoms with Crippen molar-refractivity contribution in [2.75, 3.05) is 11.9 Å². The molecule has 0 aliphatic carbocycles. The van der Waals surface area contributed by atoms with E-state index < -0.39 is 17.8 Å². The SMILES string of the molecule is CCOc1cc(=NC(=O)Nc2ccccc2C(F)(F)F)cnn1-c1ccccc1. The van der Waals surface area contributed by atoms with Crippen molar-refractivity contribution in [3.8, 4) is 11.6 Å². The van der Waals surface area contributed by atoms with Crippen molar-refractivity contribution in [2.45, 2.75) is 13.1 Å². The maximum Gasteiger partial charge on any atom is 0.418 e. The van der Waals surface area contributed by atoms with Gasteiger partial charge in [-0.25, -0.2) is 9.48 Å². The molecule has 2 aromatic carbocycles. The minimum absolute atomic E-state index is 0.141. The smallest absolute Gasteiger partial charge is 0.418 e. The van der Waals surface area contributed by atoms with Gasteiger partial charge in [-0.2, -0.15) is 23.3 Å². The molecule has 0 aliphatic rings. The van der Waals surface area contributed by atoms with Gasteiger partial charge in [0.15, 0.2) is 0 Å². The van der Waals surface area contributed by atoms with Crippen LogP contribution >= 0.6 is 0 Å². The van der Waals surface area contributed by atoms with Crippen LogP contribution in [0.15, 0.2) is 71.9 Å². The summed E-state index contributed by atoms with van der Waals surface area (Å²) in [5, 5.41) is 6.53. The molecule has 2 amide bonds. The summed E-state index contributed by atoms with van der Waals surface area (Å²) >= 11 is 0. The molecule has 0 saturated heterocycles. The van der Waals surface area contributed by atoms with E-state index in [9.17, 15) is 18.0 Å². The van der Waals surface area contributed by atoms with E-state index in [2.05, 4.69) is 15.4 Å². The summed E-state index contributed by atoms with van der Waals surface area (Å²) in [7, 11) is 0. The molecule has 0 aliphatic heterocycles. The van der Waals surface area contributed by atoms with Gasteiger partial charge in [-0.15, -0.1) is 0 Å². The number of aromatic nitrogens is 2. The van der Waals surface area contributed by atoms with E-state index in [0.29, 0.717) is 12.5 Å². The van der Waals surface area contributed by atoms with Crippen LogP contribution in [0.4, 0.5) is 23.7 Å². The lowest BCUT2D eigenvalue weighted by molar-refractivity contribution is -0.136. The highest BCUT2D eigenvalue weighted by atomic mass is 19.4. The van der Waals surface area contributed by atoms with Crippen LogP contribution in [0.1, 0.15) is 12.5 Å². The van der Waals surface area contributed by atoms with E-state index in [1.54, 1.807) is 6.92 Å². The van der Waals surface area contributed by atoms with Crippen molar-refractivity contribution in [1.82, 2.24) is 9.78 Å². The summed E-state index contributed by atoms with van der Waals surface area (Å²) in [6.07, 6.45) is -3.27. The molecule has 0 radical (unpaired) electrons. The third kappa shape index (κ3) is 5.01. The Morgan fingerprint density at radius 3 is 2.52 bits per heavy atom. The molecule has 6 nitrogen and oxygen atoms in total. The lowest BCUT2D eigenvalue weighted by atomic mass is 10.1. The number of urea groups is 1. The lowest BCUT2D eigenvalue weighted by Crippen LogP contribution is -2.18. The average Bonchev–Trinajstić information content (AvgIpc) is 2.69. The monoisotopic (exact) mass is 402 g/mol. The van der Waals surface area contributed by atoms with E-state index in [4.69, 9.17) is 4.74 Å². The van der Waals surface area contributed by atoms with E-state index in [1.165, 1.54) is 29.1 Å². The number of hydrogen-bond acceptors (Lipinski definition) is 3. The summed E-state index contributed by atoms with van der Waals surface area (Å²) in [5.41, 5.74) is -0.584. The third-order valence-electron chi connectivity index (χ3n) is 3.78. The molecule has 0 unspecified atom stereocenters. The van der Waals surface area contributed by atoms with Gasteiger partial charge >= 0.3 is 12.2 Å². The van der Waals surface area contributed by atoms with Crippen LogP contribution in [-0.4, -0.2) is 22.4 Å². The number of nitrogens with zero attached hydrogens (tertiary/aromatic N) is 3. The largest absolute Gasteiger partial charge is 0.478 e. The molecule has 1 N–H and O–H groups in total. The average molecular weight is 402 g/mol. The number of carbonyl (C=O) groups is 1. The molecule has 0 bridgehead atoms. The number of benzene rings is 2. The van der Waals surface area contributed by atoms with Gasteiger partial charge < -0.3 is 10.1 Å². The second kappa shape index (κ2) is 8.59. The van der Waals surface area contributed by atoms with E-state index >= 15 is 0 Å². The van der Waals surface area contributed by atoms with Crippen molar-refractivity contribution in [3.63, 3.8) is 0 Å². The highest BCUT2D eigenvalue weighted by Gasteiger charge is 2.33. The minimum atomic E-state index is -4.60. The number of para-hydroxylation sites is 2. The van der Waals surface area contributed by atoms with Gasteiger partial charge in [0.2, 0.25) is 5.88 Å². The molecule has 3 rings (SSSR count). The van der Waals surface area contributed by atoms with Gasteiger partial charge in [-0.1, -0.05) is 30.3 Å². The van der Waals surface area contributed by atoms with Crippen LogP contribution in [0.5, 0.6) is 5.88 Å². The number of ether oxygens (including phenoxy) is 1. The van der Waals surface area contributed by atoms with Crippen LogP contribution in [0.2, 0.25) is 0 Å². The topological polar surface area (TPSA) is 68.5 Å². The van der Waals surface area contributed by atoms with Gasteiger partial charge in [0.05, 0.1) is 35.1 Å². The first kappa shape index (κ1) is 20.1.